The molecule has 0 heterocycles. The van der Waals surface area contributed by atoms with Gasteiger partial charge < -0.3 is 10.8 Å². The first-order valence-electron chi connectivity index (χ1n) is 5.79. The van der Waals surface area contributed by atoms with Gasteiger partial charge in [0.2, 0.25) is 0 Å². The van der Waals surface area contributed by atoms with Crippen LogP contribution in [0, 0.1) is 0 Å². The summed E-state index contributed by atoms with van der Waals surface area (Å²) in [6.07, 6.45) is 6.02. The molecular weight excluding hydrogens is 186 g/mol. The summed E-state index contributed by atoms with van der Waals surface area (Å²) in [5, 5.41) is 9.61. The second kappa shape index (κ2) is 6.46. The highest BCUT2D eigenvalue weighted by molar-refractivity contribution is 5.39. The van der Waals surface area contributed by atoms with E-state index in [1.807, 2.05) is 6.07 Å². The van der Waals surface area contributed by atoms with E-state index in [9.17, 15) is 5.11 Å². The molecule has 0 spiro atoms. The fourth-order valence-corrected chi connectivity index (χ4v) is 1.83. The van der Waals surface area contributed by atoms with Gasteiger partial charge in [0.1, 0.15) is 5.75 Å². The van der Waals surface area contributed by atoms with E-state index < -0.39 is 0 Å². The lowest BCUT2D eigenvalue weighted by Gasteiger charge is -2.09. The third-order valence-electron chi connectivity index (χ3n) is 2.75. The molecule has 0 atom stereocenters. The lowest BCUT2D eigenvalue weighted by molar-refractivity contribution is 0.467. The topological polar surface area (TPSA) is 46.2 Å². The van der Waals surface area contributed by atoms with Crippen molar-refractivity contribution >= 4 is 0 Å². The van der Waals surface area contributed by atoms with E-state index in [4.69, 9.17) is 5.73 Å². The lowest BCUT2D eigenvalue weighted by atomic mass is 10.00. The van der Waals surface area contributed by atoms with Gasteiger partial charge in [-0.3, -0.25) is 0 Å². The molecular formula is C13H21NO. The normalized spacial score (nSPS) is 10.5. The largest absolute Gasteiger partial charge is 0.508 e. The van der Waals surface area contributed by atoms with Gasteiger partial charge in [-0.2, -0.15) is 0 Å². The Morgan fingerprint density at radius 3 is 2.67 bits per heavy atom. The zero-order valence-corrected chi connectivity index (χ0v) is 9.50. The quantitative estimate of drug-likeness (QED) is 0.704. The van der Waals surface area contributed by atoms with Crippen LogP contribution in [0.25, 0.3) is 0 Å². The van der Waals surface area contributed by atoms with Crippen LogP contribution in [-0.2, 0) is 13.0 Å². The molecule has 2 heteroatoms. The van der Waals surface area contributed by atoms with Gasteiger partial charge in [0.05, 0.1) is 0 Å². The zero-order valence-electron chi connectivity index (χ0n) is 9.50. The van der Waals surface area contributed by atoms with E-state index in [-0.39, 0.29) is 0 Å². The van der Waals surface area contributed by atoms with Crippen molar-refractivity contribution in [2.24, 2.45) is 5.73 Å². The average molecular weight is 207 g/mol. The van der Waals surface area contributed by atoms with Gasteiger partial charge in [-0.1, -0.05) is 38.3 Å². The van der Waals surface area contributed by atoms with Crippen LogP contribution in [0.4, 0.5) is 0 Å². The number of unbranched alkanes of at least 4 members (excludes halogenated alkanes) is 3. The number of benzene rings is 1. The van der Waals surface area contributed by atoms with Crippen molar-refractivity contribution in [1.29, 1.82) is 0 Å². The van der Waals surface area contributed by atoms with Crippen LogP contribution in [0.2, 0.25) is 0 Å². The van der Waals surface area contributed by atoms with E-state index in [2.05, 4.69) is 13.0 Å². The van der Waals surface area contributed by atoms with Crippen LogP contribution in [0.1, 0.15) is 43.7 Å². The van der Waals surface area contributed by atoms with Gasteiger partial charge >= 0.3 is 0 Å². The number of hydrogen-bond donors (Lipinski definition) is 2. The molecule has 84 valence electrons. The molecule has 0 unspecified atom stereocenters. The number of aromatic hydroxyl groups is 1. The minimum Gasteiger partial charge on any atom is -0.508 e. The molecule has 1 rings (SSSR count). The summed E-state index contributed by atoms with van der Waals surface area (Å²) < 4.78 is 0. The van der Waals surface area contributed by atoms with Gasteiger partial charge in [0.15, 0.2) is 0 Å². The van der Waals surface area contributed by atoms with Crippen molar-refractivity contribution in [1.82, 2.24) is 0 Å². The molecule has 3 N–H and O–H groups in total. The molecule has 0 aliphatic rings. The van der Waals surface area contributed by atoms with E-state index in [0.717, 1.165) is 12.0 Å². The first kappa shape index (κ1) is 12.1. The zero-order chi connectivity index (χ0) is 11.1. The molecule has 0 fully saturated rings. The Balaban J connectivity index is 2.56. The summed E-state index contributed by atoms with van der Waals surface area (Å²) in [6, 6.07) is 5.66. The molecule has 0 saturated heterocycles. The van der Waals surface area contributed by atoms with Crippen molar-refractivity contribution in [3.05, 3.63) is 29.3 Å². The molecule has 1 aromatic carbocycles. The molecule has 0 saturated carbocycles. The third-order valence-corrected chi connectivity index (χ3v) is 2.75. The van der Waals surface area contributed by atoms with E-state index in [1.54, 1.807) is 6.07 Å². The smallest absolute Gasteiger partial charge is 0.120 e. The average Bonchev–Trinajstić information content (AvgIpc) is 2.24. The second-order valence-electron chi connectivity index (χ2n) is 3.93. The predicted octanol–water partition coefficient (Wildman–Crippen LogP) is 2.97. The van der Waals surface area contributed by atoms with Gasteiger partial charge in [-0.15, -0.1) is 0 Å². The third kappa shape index (κ3) is 3.56. The SMILES string of the molecule is CCCCCCc1cccc(O)c1CN. The van der Waals surface area contributed by atoms with Gasteiger partial charge in [0, 0.05) is 12.1 Å². The van der Waals surface area contributed by atoms with Gasteiger partial charge in [0.25, 0.3) is 0 Å². The van der Waals surface area contributed by atoms with Crippen molar-refractivity contribution in [2.45, 2.75) is 45.6 Å². The molecule has 0 radical (unpaired) electrons. The number of nitrogens with two attached hydrogens (primary N) is 1. The Kier molecular flexibility index (Phi) is 5.19. The summed E-state index contributed by atoms with van der Waals surface area (Å²) in [5.74, 6) is 0.338. The molecule has 0 aromatic heterocycles. The molecule has 0 bridgehead atoms. The first-order chi connectivity index (χ1) is 7.29. The number of aryl methyl sites for hydroxylation is 1. The number of hydrogen-bond acceptors (Lipinski definition) is 2. The fourth-order valence-electron chi connectivity index (χ4n) is 1.83. The summed E-state index contributed by atoms with van der Waals surface area (Å²) in [6.45, 7) is 2.63. The molecule has 2 nitrogen and oxygen atoms in total. The van der Waals surface area contributed by atoms with Gasteiger partial charge in [-0.05, 0) is 24.5 Å². The summed E-state index contributed by atoms with van der Waals surface area (Å²) >= 11 is 0. The van der Waals surface area contributed by atoms with Crippen LogP contribution in [0.15, 0.2) is 18.2 Å². The van der Waals surface area contributed by atoms with Crippen LogP contribution in [0.5, 0.6) is 5.75 Å². The lowest BCUT2D eigenvalue weighted by Crippen LogP contribution is -2.02. The Morgan fingerprint density at radius 2 is 2.00 bits per heavy atom. The predicted molar refractivity (Wildman–Crippen MR) is 63.8 cm³/mol. The Hall–Kier alpha value is -1.02. The number of rotatable bonds is 6. The molecule has 1 aromatic rings. The molecule has 0 aliphatic heterocycles. The highest BCUT2D eigenvalue weighted by atomic mass is 16.3. The standard InChI is InChI=1S/C13H21NO/c1-2-3-4-5-7-11-8-6-9-13(15)12(11)10-14/h6,8-9,15H,2-5,7,10,14H2,1H3. The highest BCUT2D eigenvalue weighted by Gasteiger charge is 2.04. The van der Waals surface area contributed by atoms with Crippen molar-refractivity contribution in [2.75, 3.05) is 0 Å². The summed E-state index contributed by atoms with van der Waals surface area (Å²) in [4.78, 5) is 0. The van der Waals surface area contributed by atoms with Crippen LogP contribution >= 0.6 is 0 Å². The fraction of sp³-hybridized carbons (Fsp3) is 0.538. The van der Waals surface area contributed by atoms with Crippen LogP contribution in [0.3, 0.4) is 0 Å². The monoisotopic (exact) mass is 207 g/mol. The van der Waals surface area contributed by atoms with Crippen LogP contribution in [-0.4, -0.2) is 5.11 Å². The summed E-state index contributed by atoms with van der Waals surface area (Å²) in [7, 11) is 0. The maximum atomic E-state index is 9.61. The van der Waals surface area contributed by atoms with E-state index in [0.29, 0.717) is 12.3 Å². The Bertz CT molecular complexity index is 297. The maximum absolute atomic E-state index is 9.61. The van der Waals surface area contributed by atoms with E-state index >= 15 is 0 Å². The van der Waals surface area contributed by atoms with Crippen molar-refractivity contribution in [3.8, 4) is 5.75 Å². The van der Waals surface area contributed by atoms with Crippen molar-refractivity contribution in [3.63, 3.8) is 0 Å². The first-order valence-corrected chi connectivity index (χ1v) is 5.79. The second-order valence-corrected chi connectivity index (χ2v) is 3.93. The maximum Gasteiger partial charge on any atom is 0.120 e. The molecule has 0 amide bonds. The minimum atomic E-state index is 0.338. The van der Waals surface area contributed by atoms with Crippen LogP contribution < -0.4 is 5.73 Å². The Labute approximate surface area is 92.1 Å². The van der Waals surface area contributed by atoms with Gasteiger partial charge in [-0.25, -0.2) is 0 Å². The molecule has 15 heavy (non-hydrogen) atoms. The van der Waals surface area contributed by atoms with E-state index in [1.165, 1.54) is 31.2 Å². The highest BCUT2D eigenvalue weighted by Crippen LogP contribution is 2.22. The minimum absolute atomic E-state index is 0.338. The number of phenols is 1. The number of phenolic OH excluding ortho intramolecular Hbond substituents is 1. The Morgan fingerprint density at radius 1 is 1.20 bits per heavy atom. The summed E-state index contributed by atoms with van der Waals surface area (Å²) in [5.41, 5.74) is 7.74. The van der Waals surface area contributed by atoms with Crippen molar-refractivity contribution < 1.29 is 5.11 Å². The molecule has 0 aliphatic carbocycles.